The average Bonchev–Trinajstić information content (AvgIpc) is 3.04. The molecule has 0 aromatic carbocycles. The molecule has 25 heavy (non-hydrogen) atoms. The predicted octanol–water partition coefficient (Wildman–Crippen LogP) is 1.21. The maximum absolute atomic E-state index is 12.6. The van der Waals surface area contributed by atoms with Gasteiger partial charge in [0.15, 0.2) is 0 Å². The van der Waals surface area contributed by atoms with Crippen LogP contribution in [0.5, 0.6) is 0 Å². The quantitative estimate of drug-likeness (QED) is 0.903. The Labute approximate surface area is 146 Å². The van der Waals surface area contributed by atoms with E-state index in [2.05, 4.69) is 41.3 Å². The van der Waals surface area contributed by atoms with Gasteiger partial charge in [-0.05, 0) is 24.8 Å². The fraction of sp³-hybridized carbons (Fsp3) is 0.588. The molecule has 0 spiro atoms. The van der Waals surface area contributed by atoms with E-state index in [9.17, 15) is 9.59 Å². The van der Waals surface area contributed by atoms with Crippen molar-refractivity contribution in [2.45, 2.75) is 45.6 Å². The largest absolute Gasteiger partial charge is 0.337 e. The second kappa shape index (κ2) is 6.78. The molecule has 3 rings (SSSR count). The van der Waals surface area contributed by atoms with Gasteiger partial charge in [-0.25, -0.2) is 5.10 Å². The van der Waals surface area contributed by atoms with Crippen LogP contribution in [0.4, 0.5) is 0 Å². The molecule has 8 heteroatoms. The topological polar surface area (TPSA) is 96.8 Å². The third-order valence-corrected chi connectivity index (χ3v) is 4.46. The highest BCUT2D eigenvalue weighted by Gasteiger charge is 2.26. The van der Waals surface area contributed by atoms with Crippen LogP contribution >= 0.6 is 0 Å². The lowest BCUT2D eigenvalue weighted by Gasteiger charge is -2.32. The number of amides is 1. The Morgan fingerprint density at radius 1 is 1.36 bits per heavy atom. The molecule has 134 valence electrons. The van der Waals surface area contributed by atoms with Gasteiger partial charge in [-0.3, -0.25) is 14.3 Å². The second-order valence-corrected chi connectivity index (χ2v) is 7.64. The van der Waals surface area contributed by atoms with E-state index in [4.69, 9.17) is 0 Å². The SMILES string of the molecule is CC(C)(C)c1cn(C[C@H]2CCCN(C(=O)c3ccc(=O)[nH]n3)C2)nn1. The molecule has 0 radical (unpaired) electrons. The second-order valence-electron chi connectivity index (χ2n) is 7.64. The Morgan fingerprint density at radius 2 is 2.16 bits per heavy atom. The summed E-state index contributed by atoms with van der Waals surface area (Å²) in [6, 6.07) is 2.79. The Morgan fingerprint density at radius 3 is 2.80 bits per heavy atom. The van der Waals surface area contributed by atoms with E-state index in [1.807, 2.05) is 10.9 Å². The first-order chi connectivity index (χ1) is 11.8. The van der Waals surface area contributed by atoms with Gasteiger partial charge in [0.1, 0.15) is 5.69 Å². The molecule has 1 aliphatic rings. The summed E-state index contributed by atoms with van der Waals surface area (Å²) >= 11 is 0. The molecule has 1 aliphatic heterocycles. The molecule has 1 atom stereocenters. The van der Waals surface area contributed by atoms with Crippen molar-refractivity contribution in [2.24, 2.45) is 5.92 Å². The van der Waals surface area contributed by atoms with E-state index in [1.54, 1.807) is 4.90 Å². The van der Waals surface area contributed by atoms with Gasteiger partial charge in [-0.1, -0.05) is 26.0 Å². The van der Waals surface area contributed by atoms with Crippen LogP contribution in [0.3, 0.4) is 0 Å². The highest BCUT2D eigenvalue weighted by Crippen LogP contribution is 2.22. The first kappa shape index (κ1) is 17.3. The fourth-order valence-corrected chi connectivity index (χ4v) is 3.02. The van der Waals surface area contributed by atoms with Crippen LogP contribution in [0, 0.1) is 5.92 Å². The van der Waals surface area contributed by atoms with E-state index < -0.39 is 0 Å². The zero-order chi connectivity index (χ0) is 18.0. The van der Waals surface area contributed by atoms with Crippen LogP contribution in [0.15, 0.2) is 23.1 Å². The number of hydrogen-bond acceptors (Lipinski definition) is 5. The summed E-state index contributed by atoms with van der Waals surface area (Å²) in [5, 5.41) is 14.6. The Bertz CT molecular complexity index is 783. The molecule has 2 aromatic heterocycles. The Balaban J connectivity index is 1.65. The summed E-state index contributed by atoms with van der Waals surface area (Å²) in [5.74, 6) is 0.185. The van der Waals surface area contributed by atoms with Gasteiger partial charge in [0.2, 0.25) is 0 Å². The molecule has 0 unspecified atom stereocenters. The number of carbonyl (C=O) groups is 1. The van der Waals surface area contributed by atoms with Crippen LogP contribution in [-0.4, -0.2) is 49.1 Å². The molecule has 1 amide bonds. The maximum Gasteiger partial charge on any atom is 0.274 e. The van der Waals surface area contributed by atoms with E-state index in [0.29, 0.717) is 19.0 Å². The lowest BCUT2D eigenvalue weighted by molar-refractivity contribution is 0.0652. The number of rotatable bonds is 3. The molecular formula is C17H24N6O2. The third kappa shape index (κ3) is 4.12. The lowest BCUT2D eigenvalue weighted by atomic mass is 9.93. The number of aromatic nitrogens is 5. The summed E-state index contributed by atoms with van der Waals surface area (Å²) in [6.07, 6.45) is 3.98. The van der Waals surface area contributed by atoms with Crippen molar-refractivity contribution in [3.05, 3.63) is 40.1 Å². The number of aromatic amines is 1. The molecule has 2 aromatic rings. The molecule has 3 heterocycles. The molecule has 1 fully saturated rings. The number of nitrogens with zero attached hydrogens (tertiary/aromatic N) is 5. The number of H-pyrrole nitrogens is 1. The number of hydrogen-bond donors (Lipinski definition) is 1. The molecule has 0 aliphatic carbocycles. The van der Waals surface area contributed by atoms with Crippen molar-refractivity contribution < 1.29 is 4.79 Å². The zero-order valence-electron chi connectivity index (χ0n) is 14.9. The van der Waals surface area contributed by atoms with Crippen molar-refractivity contribution in [1.82, 2.24) is 30.1 Å². The predicted molar refractivity (Wildman–Crippen MR) is 92.2 cm³/mol. The molecule has 0 bridgehead atoms. The van der Waals surface area contributed by atoms with E-state index >= 15 is 0 Å². The van der Waals surface area contributed by atoms with Crippen molar-refractivity contribution in [2.75, 3.05) is 13.1 Å². The van der Waals surface area contributed by atoms with Gasteiger partial charge in [0.05, 0.1) is 5.69 Å². The van der Waals surface area contributed by atoms with Gasteiger partial charge >= 0.3 is 0 Å². The highest BCUT2D eigenvalue weighted by molar-refractivity contribution is 5.92. The first-order valence-electron chi connectivity index (χ1n) is 8.58. The standard InChI is InChI=1S/C17H24N6O2/c1-17(2,3)14-11-23(21-19-14)10-12-5-4-8-22(9-12)16(25)13-6-7-15(24)20-18-13/h6-7,11-12H,4-5,8-10H2,1-3H3,(H,20,24)/t12-/m0/s1. The van der Waals surface area contributed by atoms with Gasteiger partial charge in [-0.15, -0.1) is 5.10 Å². The van der Waals surface area contributed by atoms with Gasteiger partial charge in [0, 0.05) is 37.3 Å². The van der Waals surface area contributed by atoms with Crippen LogP contribution < -0.4 is 5.56 Å². The Hall–Kier alpha value is -2.51. The van der Waals surface area contributed by atoms with Crippen LogP contribution in [0.25, 0.3) is 0 Å². The van der Waals surface area contributed by atoms with Gasteiger partial charge < -0.3 is 4.90 Å². The third-order valence-electron chi connectivity index (χ3n) is 4.46. The highest BCUT2D eigenvalue weighted by atomic mass is 16.2. The van der Waals surface area contributed by atoms with Gasteiger partial charge in [-0.2, -0.15) is 5.10 Å². The van der Waals surface area contributed by atoms with Crippen LogP contribution in [0.2, 0.25) is 0 Å². The monoisotopic (exact) mass is 344 g/mol. The van der Waals surface area contributed by atoms with Crippen molar-refractivity contribution in [1.29, 1.82) is 0 Å². The number of nitrogens with one attached hydrogen (secondary N) is 1. The average molecular weight is 344 g/mol. The van der Waals surface area contributed by atoms with Crippen molar-refractivity contribution in [3.8, 4) is 0 Å². The Kier molecular flexibility index (Phi) is 4.69. The van der Waals surface area contributed by atoms with Crippen LogP contribution in [-0.2, 0) is 12.0 Å². The van der Waals surface area contributed by atoms with Gasteiger partial charge in [0.25, 0.3) is 11.5 Å². The zero-order valence-corrected chi connectivity index (χ0v) is 14.9. The minimum atomic E-state index is -0.311. The number of carbonyl (C=O) groups excluding carboxylic acids is 1. The summed E-state index contributed by atoms with van der Waals surface area (Å²) in [7, 11) is 0. The molecule has 1 saturated heterocycles. The maximum atomic E-state index is 12.6. The first-order valence-corrected chi connectivity index (χ1v) is 8.58. The summed E-state index contributed by atoms with van der Waals surface area (Å²) < 4.78 is 1.87. The molecular weight excluding hydrogens is 320 g/mol. The lowest BCUT2D eigenvalue weighted by Crippen LogP contribution is -2.41. The van der Waals surface area contributed by atoms with E-state index in [0.717, 1.165) is 25.1 Å². The van der Waals surface area contributed by atoms with Crippen LogP contribution in [0.1, 0.15) is 49.8 Å². The summed E-state index contributed by atoms with van der Waals surface area (Å²) in [5.41, 5.74) is 0.904. The summed E-state index contributed by atoms with van der Waals surface area (Å²) in [6.45, 7) is 8.44. The van der Waals surface area contributed by atoms with Crippen molar-refractivity contribution >= 4 is 5.91 Å². The molecule has 8 nitrogen and oxygen atoms in total. The minimum absolute atomic E-state index is 0.0251. The molecule has 1 N–H and O–H groups in total. The van der Waals surface area contributed by atoms with E-state index in [-0.39, 0.29) is 22.6 Å². The van der Waals surface area contributed by atoms with E-state index in [1.165, 1.54) is 12.1 Å². The fourth-order valence-electron chi connectivity index (χ4n) is 3.02. The smallest absolute Gasteiger partial charge is 0.274 e. The number of likely N-dealkylation sites (tertiary alicyclic amines) is 1. The normalized spacial score (nSPS) is 18.4. The molecule has 0 saturated carbocycles. The van der Waals surface area contributed by atoms with Crippen molar-refractivity contribution in [3.63, 3.8) is 0 Å². The minimum Gasteiger partial charge on any atom is -0.337 e. The summed E-state index contributed by atoms with van der Waals surface area (Å²) in [4.78, 5) is 25.4. The number of piperidine rings is 1.